The van der Waals surface area contributed by atoms with E-state index in [1.807, 2.05) is 36.4 Å². The molecule has 4 rings (SSSR count). The molecular formula is C22H24N2O4. The summed E-state index contributed by atoms with van der Waals surface area (Å²) in [4.78, 5) is 25.6. The molecule has 1 amide bonds. The first kappa shape index (κ1) is 18.5. The molecule has 2 unspecified atom stereocenters. The smallest absolute Gasteiger partial charge is 0.335 e. The number of fused-ring (bicyclic) bond motifs is 2. The summed E-state index contributed by atoms with van der Waals surface area (Å²) in [5.41, 5.74) is 8.50. The average Bonchev–Trinajstić information content (AvgIpc) is 2.72. The van der Waals surface area contributed by atoms with Crippen molar-refractivity contribution in [3.05, 3.63) is 64.7 Å². The molecule has 0 saturated heterocycles. The third-order valence-electron chi connectivity index (χ3n) is 5.60. The normalized spacial score (nSPS) is 23.0. The van der Waals surface area contributed by atoms with Crippen molar-refractivity contribution in [2.75, 3.05) is 13.7 Å². The molecule has 28 heavy (non-hydrogen) atoms. The molecule has 0 spiro atoms. The molecule has 3 N–H and O–H groups in total. The highest BCUT2D eigenvalue weighted by Gasteiger charge is 2.45. The van der Waals surface area contributed by atoms with Gasteiger partial charge >= 0.3 is 5.97 Å². The van der Waals surface area contributed by atoms with Crippen LogP contribution in [-0.2, 0) is 28.8 Å². The molecule has 6 nitrogen and oxygen atoms in total. The highest BCUT2D eigenvalue weighted by Crippen LogP contribution is 2.30. The maximum absolute atomic E-state index is 13.0. The van der Waals surface area contributed by atoms with Crippen LogP contribution in [0.2, 0.25) is 0 Å². The van der Waals surface area contributed by atoms with Crippen LogP contribution in [0.3, 0.4) is 0 Å². The van der Waals surface area contributed by atoms with Gasteiger partial charge in [0.15, 0.2) is 5.54 Å². The molecule has 0 saturated carbocycles. The van der Waals surface area contributed by atoms with Crippen molar-refractivity contribution in [2.24, 2.45) is 5.73 Å². The van der Waals surface area contributed by atoms with E-state index < -0.39 is 11.5 Å². The Morgan fingerprint density at radius 1 is 1.18 bits per heavy atom. The Hall–Kier alpha value is -2.86. The number of ether oxygens (including phenoxy) is 2. The van der Waals surface area contributed by atoms with Crippen molar-refractivity contribution in [1.29, 1.82) is 0 Å². The SMILES string of the molecule is COC(=O)C1(NC(=O)c2ccc3c(c2)CCC(N)C3)COc2ccccc2C1. The van der Waals surface area contributed by atoms with E-state index in [9.17, 15) is 9.59 Å². The third-order valence-corrected chi connectivity index (χ3v) is 5.60. The Kier molecular flexibility index (Phi) is 4.81. The fourth-order valence-corrected chi connectivity index (χ4v) is 4.04. The molecule has 0 bridgehead atoms. The zero-order chi connectivity index (χ0) is 19.7. The van der Waals surface area contributed by atoms with E-state index in [-0.39, 0.29) is 18.6 Å². The fourth-order valence-electron chi connectivity index (χ4n) is 4.04. The van der Waals surface area contributed by atoms with Crippen molar-refractivity contribution in [1.82, 2.24) is 5.32 Å². The average molecular weight is 380 g/mol. The second-order valence-corrected chi connectivity index (χ2v) is 7.59. The summed E-state index contributed by atoms with van der Waals surface area (Å²) >= 11 is 0. The van der Waals surface area contributed by atoms with Gasteiger partial charge in [-0.1, -0.05) is 24.3 Å². The molecule has 0 fully saturated rings. The van der Waals surface area contributed by atoms with Gasteiger partial charge in [0.05, 0.1) is 7.11 Å². The quantitative estimate of drug-likeness (QED) is 0.792. The summed E-state index contributed by atoms with van der Waals surface area (Å²) in [7, 11) is 1.32. The molecule has 0 radical (unpaired) electrons. The van der Waals surface area contributed by atoms with Crippen LogP contribution in [-0.4, -0.2) is 37.2 Å². The topological polar surface area (TPSA) is 90.7 Å². The minimum absolute atomic E-state index is 0.0300. The first-order valence-electron chi connectivity index (χ1n) is 9.50. The van der Waals surface area contributed by atoms with E-state index >= 15 is 0 Å². The van der Waals surface area contributed by atoms with Crippen LogP contribution in [0.25, 0.3) is 0 Å². The molecule has 1 heterocycles. The van der Waals surface area contributed by atoms with E-state index in [1.165, 1.54) is 12.7 Å². The van der Waals surface area contributed by atoms with Crippen molar-refractivity contribution < 1.29 is 19.1 Å². The fraction of sp³-hybridized carbons (Fsp3) is 0.364. The number of rotatable bonds is 3. The molecule has 2 aromatic carbocycles. The van der Waals surface area contributed by atoms with Gasteiger partial charge in [0.1, 0.15) is 12.4 Å². The van der Waals surface area contributed by atoms with Gasteiger partial charge in [-0.25, -0.2) is 4.79 Å². The first-order valence-corrected chi connectivity index (χ1v) is 9.50. The van der Waals surface area contributed by atoms with Gasteiger partial charge in [0.25, 0.3) is 5.91 Å². The lowest BCUT2D eigenvalue weighted by Crippen LogP contribution is -2.61. The second kappa shape index (κ2) is 7.28. The van der Waals surface area contributed by atoms with Crippen LogP contribution in [0, 0.1) is 0 Å². The van der Waals surface area contributed by atoms with Crippen LogP contribution in [0.4, 0.5) is 0 Å². The summed E-state index contributed by atoms with van der Waals surface area (Å²) in [6, 6.07) is 13.3. The maximum atomic E-state index is 13.0. The van der Waals surface area contributed by atoms with E-state index in [0.29, 0.717) is 12.0 Å². The van der Waals surface area contributed by atoms with Gasteiger partial charge in [0, 0.05) is 18.0 Å². The van der Waals surface area contributed by atoms with Crippen LogP contribution < -0.4 is 15.8 Å². The Labute approximate surface area is 164 Å². The molecule has 1 aliphatic heterocycles. The molecule has 2 aliphatic rings. The summed E-state index contributed by atoms with van der Waals surface area (Å²) in [6.45, 7) is 0.0300. The van der Waals surface area contributed by atoms with Crippen LogP contribution >= 0.6 is 0 Å². The predicted molar refractivity (Wildman–Crippen MR) is 104 cm³/mol. The molecule has 2 atom stereocenters. The van der Waals surface area contributed by atoms with Crippen molar-refractivity contribution >= 4 is 11.9 Å². The molecule has 146 valence electrons. The zero-order valence-corrected chi connectivity index (χ0v) is 15.9. The summed E-state index contributed by atoms with van der Waals surface area (Å²) < 4.78 is 10.8. The highest BCUT2D eigenvalue weighted by molar-refractivity contribution is 5.98. The number of carbonyl (C=O) groups excluding carboxylic acids is 2. The minimum Gasteiger partial charge on any atom is -0.490 e. The van der Waals surface area contributed by atoms with Gasteiger partial charge in [-0.2, -0.15) is 0 Å². The van der Waals surface area contributed by atoms with E-state index in [4.69, 9.17) is 15.2 Å². The largest absolute Gasteiger partial charge is 0.490 e. The van der Waals surface area contributed by atoms with Gasteiger partial charge in [-0.05, 0) is 54.2 Å². The van der Waals surface area contributed by atoms with Crippen molar-refractivity contribution in [2.45, 2.75) is 37.3 Å². The third kappa shape index (κ3) is 3.36. The molecule has 1 aliphatic carbocycles. The molecular weight excluding hydrogens is 356 g/mol. The minimum atomic E-state index is -1.25. The number of carbonyl (C=O) groups is 2. The highest BCUT2D eigenvalue weighted by atomic mass is 16.5. The van der Waals surface area contributed by atoms with Gasteiger partial charge in [-0.3, -0.25) is 4.79 Å². The monoisotopic (exact) mass is 380 g/mol. The van der Waals surface area contributed by atoms with E-state index in [1.54, 1.807) is 6.07 Å². The van der Waals surface area contributed by atoms with E-state index in [0.717, 1.165) is 36.1 Å². The summed E-state index contributed by atoms with van der Waals surface area (Å²) in [5, 5.41) is 2.89. The van der Waals surface area contributed by atoms with E-state index in [2.05, 4.69) is 5.32 Å². The number of aryl methyl sites for hydroxylation is 1. The van der Waals surface area contributed by atoms with Crippen molar-refractivity contribution in [3.8, 4) is 5.75 Å². The lowest BCUT2D eigenvalue weighted by atomic mass is 9.86. The van der Waals surface area contributed by atoms with Crippen LogP contribution in [0.5, 0.6) is 5.75 Å². The Balaban J connectivity index is 1.60. The Bertz CT molecular complexity index is 927. The number of hydrogen-bond acceptors (Lipinski definition) is 5. The molecule has 2 aromatic rings. The summed E-state index contributed by atoms with van der Waals surface area (Å²) in [5.74, 6) is -0.105. The number of para-hydroxylation sites is 1. The lowest BCUT2D eigenvalue weighted by Gasteiger charge is -2.36. The van der Waals surface area contributed by atoms with Crippen molar-refractivity contribution in [3.63, 3.8) is 0 Å². The number of methoxy groups -OCH3 is 1. The van der Waals surface area contributed by atoms with Crippen LogP contribution in [0.1, 0.15) is 33.5 Å². The number of amides is 1. The Morgan fingerprint density at radius 3 is 2.82 bits per heavy atom. The number of nitrogens with one attached hydrogen (secondary N) is 1. The second-order valence-electron chi connectivity index (χ2n) is 7.59. The Morgan fingerprint density at radius 2 is 2.00 bits per heavy atom. The van der Waals surface area contributed by atoms with Crippen LogP contribution in [0.15, 0.2) is 42.5 Å². The first-order chi connectivity index (χ1) is 13.5. The van der Waals surface area contributed by atoms with Gasteiger partial charge < -0.3 is 20.5 Å². The standard InChI is InChI=1S/C22H24N2O4/c1-27-21(26)22(12-17-4-2-3-5-19(17)28-13-22)24-20(25)16-7-6-15-11-18(23)9-8-14(15)10-16/h2-7,10,18H,8-9,11-13,23H2,1H3,(H,24,25). The van der Waals surface area contributed by atoms with Gasteiger partial charge in [0.2, 0.25) is 0 Å². The molecule has 0 aromatic heterocycles. The number of benzene rings is 2. The number of nitrogens with two attached hydrogens (primary N) is 1. The number of hydrogen-bond donors (Lipinski definition) is 2. The number of esters is 1. The summed E-state index contributed by atoms with van der Waals surface area (Å²) in [6.07, 6.45) is 2.92. The molecule has 6 heteroatoms. The van der Waals surface area contributed by atoms with Gasteiger partial charge in [-0.15, -0.1) is 0 Å². The maximum Gasteiger partial charge on any atom is 0.335 e. The lowest BCUT2D eigenvalue weighted by molar-refractivity contribution is -0.150. The zero-order valence-electron chi connectivity index (χ0n) is 15.9. The predicted octanol–water partition coefficient (Wildman–Crippen LogP) is 1.78.